The van der Waals surface area contributed by atoms with E-state index in [1.165, 1.54) is 6.07 Å². The van der Waals surface area contributed by atoms with Crippen LogP contribution in [0.25, 0.3) is 10.9 Å². The zero-order chi connectivity index (χ0) is 13.4. The van der Waals surface area contributed by atoms with Gasteiger partial charge in [0.2, 0.25) is 0 Å². The fourth-order valence-corrected chi connectivity index (χ4v) is 2.38. The Morgan fingerprint density at radius 2 is 2.17 bits per heavy atom. The molecule has 0 saturated carbocycles. The number of benzene rings is 1. The number of aliphatic hydroxyl groups is 1. The van der Waals surface area contributed by atoms with Crippen molar-refractivity contribution in [1.82, 2.24) is 4.57 Å². The van der Waals surface area contributed by atoms with Crippen LogP contribution >= 0.6 is 0 Å². The van der Waals surface area contributed by atoms with Gasteiger partial charge in [-0.05, 0) is 26.0 Å². The molecule has 0 radical (unpaired) electrons. The molecule has 2 aromatic rings. The summed E-state index contributed by atoms with van der Waals surface area (Å²) in [6, 6.07) is 4.55. The molecule has 1 heterocycles. The molecule has 18 heavy (non-hydrogen) atoms. The van der Waals surface area contributed by atoms with Gasteiger partial charge in [0, 0.05) is 23.2 Å². The second kappa shape index (κ2) is 4.42. The normalized spacial score (nSPS) is 12.9. The van der Waals surface area contributed by atoms with Gasteiger partial charge in [-0.25, -0.2) is 9.18 Å². The van der Waals surface area contributed by atoms with E-state index in [1.54, 1.807) is 23.6 Å². The van der Waals surface area contributed by atoms with E-state index in [0.717, 1.165) is 0 Å². The van der Waals surface area contributed by atoms with Gasteiger partial charge in [-0.15, -0.1) is 0 Å². The highest BCUT2D eigenvalue weighted by Gasteiger charge is 2.26. The van der Waals surface area contributed by atoms with E-state index in [0.29, 0.717) is 17.8 Å². The molecule has 0 saturated heterocycles. The molecule has 1 aromatic heterocycles. The average Bonchev–Trinajstić information content (AvgIpc) is 2.61. The minimum atomic E-state index is -1.71. The molecular formula is C13H14FNO3. The Morgan fingerprint density at radius 3 is 2.72 bits per heavy atom. The lowest BCUT2D eigenvalue weighted by Crippen LogP contribution is -2.12. The summed E-state index contributed by atoms with van der Waals surface area (Å²) < 4.78 is 15.7. The third kappa shape index (κ3) is 1.67. The Kier molecular flexibility index (Phi) is 3.09. The number of aryl methyl sites for hydroxylation is 1. The van der Waals surface area contributed by atoms with Crippen molar-refractivity contribution in [3.63, 3.8) is 0 Å². The number of aliphatic hydroxyl groups excluding tert-OH is 1. The first kappa shape index (κ1) is 12.6. The third-order valence-electron chi connectivity index (χ3n) is 3.17. The fourth-order valence-electron chi connectivity index (χ4n) is 2.38. The second-order valence-electron chi connectivity index (χ2n) is 4.12. The highest BCUT2D eigenvalue weighted by Crippen LogP contribution is 2.32. The molecule has 4 nitrogen and oxygen atoms in total. The molecule has 0 aliphatic carbocycles. The molecule has 1 atom stereocenters. The van der Waals surface area contributed by atoms with Crippen LogP contribution in [-0.2, 0) is 11.3 Å². The lowest BCUT2D eigenvalue weighted by atomic mass is 10.1. The van der Waals surface area contributed by atoms with Gasteiger partial charge in [-0.1, -0.05) is 6.07 Å². The predicted molar refractivity (Wildman–Crippen MR) is 64.9 cm³/mol. The Balaban J connectivity index is 2.87. The minimum Gasteiger partial charge on any atom is -0.479 e. The van der Waals surface area contributed by atoms with Gasteiger partial charge in [0.1, 0.15) is 5.82 Å². The van der Waals surface area contributed by atoms with E-state index < -0.39 is 17.9 Å². The summed E-state index contributed by atoms with van der Waals surface area (Å²) in [5.41, 5.74) is 1.32. The minimum absolute atomic E-state index is 0.137. The number of rotatable bonds is 3. The van der Waals surface area contributed by atoms with Crippen molar-refractivity contribution in [1.29, 1.82) is 0 Å². The zero-order valence-corrected chi connectivity index (χ0v) is 10.1. The Morgan fingerprint density at radius 1 is 1.50 bits per heavy atom. The highest BCUT2D eigenvalue weighted by atomic mass is 19.1. The van der Waals surface area contributed by atoms with Crippen LogP contribution in [0.3, 0.4) is 0 Å². The van der Waals surface area contributed by atoms with E-state index in [-0.39, 0.29) is 10.9 Å². The van der Waals surface area contributed by atoms with Crippen molar-refractivity contribution in [3.8, 4) is 0 Å². The summed E-state index contributed by atoms with van der Waals surface area (Å²) >= 11 is 0. The number of halogens is 1. The van der Waals surface area contributed by atoms with E-state index in [9.17, 15) is 14.3 Å². The first-order chi connectivity index (χ1) is 8.49. The van der Waals surface area contributed by atoms with Crippen LogP contribution in [0, 0.1) is 12.7 Å². The summed E-state index contributed by atoms with van der Waals surface area (Å²) in [6.45, 7) is 4.15. The molecule has 0 bridgehead atoms. The van der Waals surface area contributed by atoms with Crippen LogP contribution in [0.15, 0.2) is 18.2 Å². The van der Waals surface area contributed by atoms with Crippen molar-refractivity contribution in [2.24, 2.45) is 0 Å². The predicted octanol–water partition coefficient (Wildman–Crippen LogP) is 2.23. The Bertz CT molecular complexity index is 618. The maximum Gasteiger partial charge on any atom is 0.337 e. The molecule has 0 aliphatic rings. The summed E-state index contributed by atoms with van der Waals surface area (Å²) in [6.07, 6.45) is -1.71. The Labute approximate surface area is 103 Å². The maximum atomic E-state index is 13.9. The van der Waals surface area contributed by atoms with Crippen LogP contribution < -0.4 is 0 Å². The molecule has 0 spiro atoms. The van der Waals surface area contributed by atoms with E-state index in [1.807, 2.05) is 6.92 Å². The summed E-state index contributed by atoms with van der Waals surface area (Å²) in [4.78, 5) is 10.9. The van der Waals surface area contributed by atoms with Gasteiger partial charge >= 0.3 is 5.97 Å². The van der Waals surface area contributed by atoms with Crippen molar-refractivity contribution in [3.05, 3.63) is 35.3 Å². The molecule has 0 fully saturated rings. The molecule has 0 aliphatic heterocycles. The van der Waals surface area contributed by atoms with Crippen LogP contribution in [0.1, 0.15) is 24.3 Å². The number of carboxylic acid groups (broad SMARTS) is 1. The van der Waals surface area contributed by atoms with E-state index >= 15 is 0 Å². The van der Waals surface area contributed by atoms with Crippen LogP contribution in [0.4, 0.5) is 4.39 Å². The summed E-state index contributed by atoms with van der Waals surface area (Å²) in [7, 11) is 0. The van der Waals surface area contributed by atoms with E-state index in [4.69, 9.17) is 5.11 Å². The Hall–Kier alpha value is -1.88. The molecule has 1 unspecified atom stereocenters. The lowest BCUT2D eigenvalue weighted by Gasteiger charge is -2.07. The highest BCUT2D eigenvalue weighted by molar-refractivity contribution is 5.91. The fraction of sp³-hybridized carbons (Fsp3) is 0.308. The first-order valence-corrected chi connectivity index (χ1v) is 5.67. The van der Waals surface area contributed by atoms with Crippen molar-refractivity contribution in [2.75, 3.05) is 0 Å². The number of aliphatic carboxylic acids is 1. The average molecular weight is 251 g/mol. The first-order valence-electron chi connectivity index (χ1n) is 5.67. The van der Waals surface area contributed by atoms with E-state index in [2.05, 4.69) is 0 Å². The number of carboxylic acids is 1. The second-order valence-corrected chi connectivity index (χ2v) is 4.12. The van der Waals surface area contributed by atoms with Gasteiger partial charge in [0.05, 0.1) is 5.52 Å². The summed E-state index contributed by atoms with van der Waals surface area (Å²) in [5, 5.41) is 18.8. The van der Waals surface area contributed by atoms with Crippen molar-refractivity contribution in [2.45, 2.75) is 26.5 Å². The number of aromatic nitrogens is 1. The molecular weight excluding hydrogens is 237 g/mol. The molecule has 96 valence electrons. The summed E-state index contributed by atoms with van der Waals surface area (Å²) in [5.74, 6) is -1.89. The van der Waals surface area contributed by atoms with Crippen LogP contribution in [0.5, 0.6) is 0 Å². The quantitative estimate of drug-likeness (QED) is 0.879. The number of fused-ring (bicyclic) bond motifs is 1. The van der Waals surface area contributed by atoms with Gasteiger partial charge in [-0.3, -0.25) is 0 Å². The van der Waals surface area contributed by atoms with Gasteiger partial charge in [0.15, 0.2) is 6.10 Å². The topological polar surface area (TPSA) is 62.5 Å². The van der Waals surface area contributed by atoms with Gasteiger partial charge in [0.25, 0.3) is 0 Å². The number of hydrogen-bond acceptors (Lipinski definition) is 2. The smallest absolute Gasteiger partial charge is 0.337 e. The molecule has 2 N–H and O–H groups in total. The zero-order valence-electron chi connectivity index (χ0n) is 10.1. The molecule has 0 amide bonds. The largest absolute Gasteiger partial charge is 0.479 e. The molecule has 2 rings (SSSR count). The number of hydrogen-bond donors (Lipinski definition) is 2. The van der Waals surface area contributed by atoms with Gasteiger partial charge < -0.3 is 14.8 Å². The van der Waals surface area contributed by atoms with Crippen molar-refractivity contribution < 1.29 is 19.4 Å². The molecule has 1 aromatic carbocycles. The van der Waals surface area contributed by atoms with Crippen LogP contribution in [0.2, 0.25) is 0 Å². The number of nitrogens with zero attached hydrogens (tertiary/aromatic N) is 1. The number of carbonyl (C=O) groups is 1. The van der Waals surface area contributed by atoms with Gasteiger partial charge in [-0.2, -0.15) is 0 Å². The maximum absolute atomic E-state index is 13.9. The lowest BCUT2D eigenvalue weighted by molar-refractivity contribution is -0.146. The monoisotopic (exact) mass is 251 g/mol. The van der Waals surface area contributed by atoms with Crippen molar-refractivity contribution >= 4 is 16.9 Å². The molecule has 5 heteroatoms. The third-order valence-corrected chi connectivity index (χ3v) is 3.17. The standard InChI is InChI=1S/C13H14FNO3/c1-3-15-7(2)10(12(16)13(17)18)11-8(14)5-4-6-9(11)15/h4-6,12,16H,3H2,1-2H3,(H,17,18). The SMILES string of the molecule is CCn1c(C)c(C(O)C(=O)O)c2c(F)cccc21. The van der Waals surface area contributed by atoms with Crippen LogP contribution in [-0.4, -0.2) is 20.7 Å².